The molecule has 0 saturated heterocycles. The normalized spacial score (nSPS) is 12.6. The van der Waals surface area contributed by atoms with Gasteiger partial charge in [-0.05, 0) is 24.7 Å². The van der Waals surface area contributed by atoms with Crippen LogP contribution < -0.4 is 6.15 Å². The van der Waals surface area contributed by atoms with Crippen LogP contribution in [0.5, 0.6) is 0 Å². The maximum absolute atomic E-state index is 10.7. The number of aliphatic carboxylic acids is 2. The first-order chi connectivity index (χ1) is 19.5. The molecule has 0 spiro atoms. The Morgan fingerprint density at radius 3 is 0.854 bits per heavy atom. The van der Waals surface area contributed by atoms with E-state index < -0.39 is 11.9 Å². The van der Waals surface area contributed by atoms with Crippen molar-refractivity contribution in [3.8, 4) is 0 Å². The Kier molecular flexibility index (Phi) is 34.2. The summed E-state index contributed by atoms with van der Waals surface area (Å²) in [5, 5.41) is 17.7. The molecule has 0 rings (SSSR count). The molecule has 0 aromatic carbocycles. The van der Waals surface area contributed by atoms with Crippen molar-refractivity contribution < 1.29 is 19.8 Å². The van der Waals surface area contributed by atoms with Gasteiger partial charge in [0.15, 0.2) is 0 Å². The zero-order valence-corrected chi connectivity index (χ0v) is 27.8. The van der Waals surface area contributed by atoms with E-state index in [0.29, 0.717) is 12.8 Å². The summed E-state index contributed by atoms with van der Waals surface area (Å²) in [5.74, 6) is 0.438. The average Bonchev–Trinajstić information content (AvgIpc) is 2.92. The number of carbonyl (C=O) groups is 2. The molecule has 5 N–H and O–H groups in total. The minimum Gasteiger partial charge on any atom is -0.481 e. The smallest absolute Gasteiger partial charge is 0.303 e. The Bertz CT molecular complexity index is 506. The van der Waals surface area contributed by atoms with Crippen molar-refractivity contribution in [1.82, 2.24) is 6.15 Å². The van der Waals surface area contributed by atoms with E-state index >= 15 is 0 Å². The minimum absolute atomic E-state index is 0. The third kappa shape index (κ3) is 31.7. The second-order valence-corrected chi connectivity index (χ2v) is 12.7. The summed E-state index contributed by atoms with van der Waals surface area (Å²) in [6, 6.07) is 0. The number of unbranched alkanes of at least 4 members (excludes halogenated alkanes) is 20. The lowest BCUT2D eigenvalue weighted by Gasteiger charge is -2.28. The maximum atomic E-state index is 10.7. The summed E-state index contributed by atoms with van der Waals surface area (Å²) in [4.78, 5) is 21.5. The summed E-state index contributed by atoms with van der Waals surface area (Å²) < 4.78 is 0. The van der Waals surface area contributed by atoms with E-state index in [1.165, 1.54) is 154 Å². The topological polar surface area (TPSA) is 110 Å². The van der Waals surface area contributed by atoms with E-state index in [2.05, 4.69) is 13.8 Å². The molecule has 0 saturated carbocycles. The second-order valence-electron chi connectivity index (χ2n) is 12.7. The fraction of sp³-hybridized carbons (Fsp3) is 0.944. The molecular formula is C36H73NO4. The second kappa shape index (κ2) is 33.4. The standard InChI is InChI=1S/C36H70O4.H3N/c1-3-5-7-9-15-21-27-33(29-23-17-11-13-19-25-31-35(37)38)34(28-22-16-10-8-6-4-2)30-24-18-12-14-20-26-32-36(39)40;/h33-34H,3-32H2,1-2H3,(H,37,38)(H,39,40);1H3. The predicted molar refractivity (Wildman–Crippen MR) is 177 cm³/mol. The van der Waals surface area contributed by atoms with Crippen molar-refractivity contribution in [3.05, 3.63) is 0 Å². The molecule has 2 unspecified atom stereocenters. The Balaban J connectivity index is 0. The molecule has 0 aliphatic rings. The first-order valence-electron chi connectivity index (χ1n) is 17.9. The monoisotopic (exact) mass is 584 g/mol. The van der Waals surface area contributed by atoms with Crippen molar-refractivity contribution in [2.45, 2.75) is 206 Å². The highest BCUT2D eigenvalue weighted by atomic mass is 16.4. The van der Waals surface area contributed by atoms with Crippen molar-refractivity contribution in [1.29, 1.82) is 0 Å². The Morgan fingerprint density at radius 1 is 0.390 bits per heavy atom. The fourth-order valence-electron chi connectivity index (χ4n) is 6.38. The molecule has 2 atom stereocenters. The molecule has 0 aliphatic carbocycles. The van der Waals surface area contributed by atoms with Crippen LogP contribution in [0.25, 0.3) is 0 Å². The number of carboxylic acids is 2. The van der Waals surface area contributed by atoms with Gasteiger partial charge in [0.25, 0.3) is 0 Å². The number of hydrogen-bond acceptors (Lipinski definition) is 3. The van der Waals surface area contributed by atoms with Crippen LogP contribution >= 0.6 is 0 Å². The molecule has 5 heteroatoms. The Labute approximate surface area is 256 Å². The molecule has 0 aromatic rings. The van der Waals surface area contributed by atoms with Crippen molar-refractivity contribution in [3.63, 3.8) is 0 Å². The van der Waals surface area contributed by atoms with Gasteiger partial charge in [-0.25, -0.2) is 0 Å². The molecule has 0 bridgehead atoms. The lowest BCUT2D eigenvalue weighted by atomic mass is 9.78. The number of hydrogen-bond donors (Lipinski definition) is 3. The van der Waals surface area contributed by atoms with Crippen molar-refractivity contribution in [2.75, 3.05) is 0 Å². The van der Waals surface area contributed by atoms with Crippen LogP contribution in [0.2, 0.25) is 0 Å². The van der Waals surface area contributed by atoms with E-state index in [9.17, 15) is 9.59 Å². The van der Waals surface area contributed by atoms with Crippen LogP contribution in [-0.4, -0.2) is 22.2 Å². The summed E-state index contributed by atoms with van der Waals surface area (Å²) in [7, 11) is 0. The highest BCUT2D eigenvalue weighted by molar-refractivity contribution is 5.66. The third-order valence-corrected chi connectivity index (χ3v) is 8.95. The number of carboxylic acid groups (broad SMARTS) is 2. The van der Waals surface area contributed by atoms with Gasteiger partial charge >= 0.3 is 11.9 Å². The highest BCUT2D eigenvalue weighted by Gasteiger charge is 2.20. The molecule has 0 radical (unpaired) electrons. The maximum Gasteiger partial charge on any atom is 0.303 e. The van der Waals surface area contributed by atoms with E-state index in [1.807, 2.05) is 0 Å². The van der Waals surface area contributed by atoms with Gasteiger partial charge in [-0.15, -0.1) is 0 Å². The van der Waals surface area contributed by atoms with Crippen LogP contribution in [0.3, 0.4) is 0 Å². The SMILES string of the molecule is CCCCCCCCC(CCCCCCCCC(=O)O)C(CCCCCCCC)CCCCCCCCC(=O)O.N. The van der Waals surface area contributed by atoms with Gasteiger partial charge in [0.2, 0.25) is 0 Å². The van der Waals surface area contributed by atoms with Gasteiger partial charge in [0, 0.05) is 12.8 Å². The molecule has 0 aliphatic heterocycles. The fourth-order valence-corrected chi connectivity index (χ4v) is 6.38. The van der Waals surface area contributed by atoms with E-state index in [0.717, 1.165) is 37.5 Å². The molecular weight excluding hydrogens is 510 g/mol. The van der Waals surface area contributed by atoms with Crippen LogP contribution in [-0.2, 0) is 9.59 Å². The minimum atomic E-state index is -0.660. The first-order valence-corrected chi connectivity index (χ1v) is 17.9. The molecule has 0 heterocycles. The van der Waals surface area contributed by atoms with Crippen LogP contribution in [0, 0.1) is 11.8 Å². The van der Waals surface area contributed by atoms with E-state index in [-0.39, 0.29) is 6.15 Å². The Morgan fingerprint density at radius 2 is 0.610 bits per heavy atom. The van der Waals surface area contributed by atoms with Crippen LogP contribution in [0.1, 0.15) is 206 Å². The summed E-state index contributed by atoms with van der Waals surface area (Å²) in [6.07, 6.45) is 36.8. The zero-order chi connectivity index (χ0) is 29.5. The summed E-state index contributed by atoms with van der Waals surface area (Å²) >= 11 is 0. The predicted octanol–water partition coefficient (Wildman–Crippen LogP) is 12.3. The van der Waals surface area contributed by atoms with Gasteiger partial charge in [-0.3, -0.25) is 9.59 Å². The molecule has 0 fully saturated rings. The van der Waals surface area contributed by atoms with Crippen LogP contribution in [0.4, 0.5) is 0 Å². The molecule has 0 aromatic heterocycles. The molecule has 5 nitrogen and oxygen atoms in total. The summed E-state index contributed by atoms with van der Waals surface area (Å²) in [6.45, 7) is 4.59. The first kappa shape index (κ1) is 42.0. The third-order valence-electron chi connectivity index (χ3n) is 8.95. The average molecular weight is 584 g/mol. The molecule has 0 amide bonds. The van der Waals surface area contributed by atoms with Gasteiger partial charge in [0.05, 0.1) is 0 Å². The van der Waals surface area contributed by atoms with Gasteiger partial charge in [0.1, 0.15) is 0 Å². The van der Waals surface area contributed by atoms with Gasteiger partial charge in [-0.2, -0.15) is 0 Å². The van der Waals surface area contributed by atoms with E-state index in [4.69, 9.17) is 10.2 Å². The lowest BCUT2D eigenvalue weighted by molar-refractivity contribution is -0.138. The van der Waals surface area contributed by atoms with Crippen LogP contribution in [0.15, 0.2) is 0 Å². The lowest BCUT2D eigenvalue weighted by Crippen LogP contribution is -2.16. The molecule has 41 heavy (non-hydrogen) atoms. The van der Waals surface area contributed by atoms with Gasteiger partial charge in [-0.1, -0.05) is 181 Å². The zero-order valence-electron chi connectivity index (χ0n) is 27.8. The van der Waals surface area contributed by atoms with Crippen molar-refractivity contribution in [2.24, 2.45) is 11.8 Å². The highest BCUT2D eigenvalue weighted by Crippen LogP contribution is 2.33. The summed E-state index contributed by atoms with van der Waals surface area (Å²) in [5.41, 5.74) is 0. The Hall–Kier alpha value is -1.10. The van der Waals surface area contributed by atoms with Crippen molar-refractivity contribution >= 4 is 11.9 Å². The molecule has 246 valence electrons. The quantitative estimate of drug-likeness (QED) is 0.0665. The largest absolute Gasteiger partial charge is 0.481 e. The number of rotatable bonds is 33. The van der Waals surface area contributed by atoms with E-state index in [1.54, 1.807) is 0 Å². The van der Waals surface area contributed by atoms with Gasteiger partial charge < -0.3 is 16.4 Å².